The van der Waals surface area contributed by atoms with Crippen LogP contribution in [0.25, 0.3) is 0 Å². The van der Waals surface area contributed by atoms with Gasteiger partial charge < -0.3 is 19.9 Å². The monoisotopic (exact) mass is 568 g/mol. The average molecular weight is 569 g/mol. The van der Waals surface area contributed by atoms with Crippen LogP contribution in [0.15, 0.2) is 30.5 Å². The number of aromatic nitrogens is 3. The first-order valence-electron chi connectivity index (χ1n) is 13.2. The number of amides is 1. The summed E-state index contributed by atoms with van der Waals surface area (Å²) < 4.78 is 18.8. The second kappa shape index (κ2) is 11.8. The van der Waals surface area contributed by atoms with Crippen LogP contribution >= 0.6 is 11.6 Å². The maximum absolute atomic E-state index is 13.9. The summed E-state index contributed by atoms with van der Waals surface area (Å²) in [6.07, 6.45) is 2.84. The summed E-state index contributed by atoms with van der Waals surface area (Å²) in [7, 11) is 1.36. The van der Waals surface area contributed by atoms with Crippen molar-refractivity contribution in [2.24, 2.45) is 0 Å². The van der Waals surface area contributed by atoms with Gasteiger partial charge in [0.2, 0.25) is 0 Å². The zero-order valence-corrected chi connectivity index (χ0v) is 24.4. The van der Waals surface area contributed by atoms with Crippen molar-refractivity contribution in [3.63, 3.8) is 0 Å². The summed E-state index contributed by atoms with van der Waals surface area (Å²) in [5.74, 6) is 0.0675. The second-order valence-corrected chi connectivity index (χ2v) is 10.9. The Hall–Kier alpha value is -3.79. The van der Waals surface area contributed by atoms with E-state index in [1.807, 2.05) is 38.7 Å². The topological polar surface area (TPSA) is 101 Å². The van der Waals surface area contributed by atoms with Gasteiger partial charge in [-0.15, -0.1) is 0 Å². The number of hydrogen-bond donors (Lipinski definition) is 1. The Balaban J connectivity index is 1.54. The Bertz CT molecular complexity index is 1420. The maximum atomic E-state index is 13.9. The van der Waals surface area contributed by atoms with Gasteiger partial charge in [-0.3, -0.25) is 4.79 Å². The summed E-state index contributed by atoms with van der Waals surface area (Å²) >= 11 is 5.80. The summed E-state index contributed by atoms with van der Waals surface area (Å²) in [6, 6.07) is 6.30. The van der Waals surface area contributed by atoms with Crippen molar-refractivity contribution in [2.75, 3.05) is 37.0 Å². The molecule has 3 heterocycles. The molecule has 1 fully saturated rings. The number of rotatable bonds is 7. The third-order valence-electron chi connectivity index (χ3n) is 6.98. The number of aryl methyl sites for hydroxylation is 3. The minimum atomic E-state index is -0.538. The number of nitrogens with zero attached hydrogens (tertiary/aromatic N) is 5. The first-order chi connectivity index (χ1) is 18.9. The van der Waals surface area contributed by atoms with Crippen molar-refractivity contribution in [1.29, 1.82) is 0 Å². The Morgan fingerprint density at radius 3 is 2.55 bits per heavy atom. The van der Waals surface area contributed by atoms with Gasteiger partial charge in [0.1, 0.15) is 17.3 Å². The van der Waals surface area contributed by atoms with E-state index < -0.39 is 17.3 Å². The van der Waals surface area contributed by atoms with Crippen LogP contribution in [0.4, 0.5) is 21.7 Å². The number of hydrogen-bond acceptors (Lipinski definition) is 8. The largest absolute Gasteiger partial charge is 0.465 e. The molecule has 0 bridgehead atoms. The quantitative estimate of drug-likeness (QED) is 0.373. The molecule has 1 amide bonds. The van der Waals surface area contributed by atoms with E-state index in [4.69, 9.17) is 16.3 Å². The number of piperazine rings is 1. The van der Waals surface area contributed by atoms with Gasteiger partial charge in [0.05, 0.1) is 40.8 Å². The normalized spacial score (nSPS) is 14.7. The van der Waals surface area contributed by atoms with Gasteiger partial charge >= 0.3 is 5.97 Å². The van der Waals surface area contributed by atoms with Crippen LogP contribution in [0.1, 0.15) is 65.0 Å². The molecule has 1 saturated heterocycles. The highest BCUT2D eigenvalue weighted by atomic mass is 35.5. The highest BCUT2D eigenvalue weighted by Crippen LogP contribution is 2.29. The zero-order chi connectivity index (χ0) is 29.2. The molecule has 1 aromatic carbocycles. The molecule has 3 aromatic rings. The number of esters is 1. The van der Waals surface area contributed by atoms with E-state index in [0.29, 0.717) is 54.5 Å². The maximum Gasteiger partial charge on any atom is 0.339 e. The van der Waals surface area contributed by atoms with Crippen LogP contribution in [0, 0.1) is 19.7 Å². The van der Waals surface area contributed by atoms with E-state index in [0.717, 1.165) is 17.8 Å². The zero-order valence-electron chi connectivity index (χ0n) is 23.6. The van der Waals surface area contributed by atoms with Crippen molar-refractivity contribution in [3.8, 4) is 0 Å². The molecule has 1 aliphatic heterocycles. The fourth-order valence-corrected chi connectivity index (χ4v) is 5.12. The first-order valence-corrected chi connectivity index (χ1v) is 13.5. The number of carbonyl (C=O) groups is 2. The molecule has 1 N–H and O–H groups in total. The molecule has 0 saturated carbocycles. The second-order valence-electron chi connectivity index (χ2n) is 10.5. The molecule has 0 unspecified atom stereocenters. The van der Waals surface area contributed by atoms with Crippen LogP contribution in [0.2, 0.25) is 5.02 Å². The van der Waals surface area contributed by atoms with Gasteiger partial charge in [-0.2, -0.15) is 0 Å². The summed E-state index contributed by atoms with van der Waals surface area (Å²) in [6.45, 7) is 11.2. The predicted molar refractivity (Wildman–Crippen MR) is 153 cm³/mol. The number of carbonyl (C=O) groups excluding carboxylic acids is 2. The molecule has 0 spiro atoms. The fourth-order valence-electron chi connectivity index (χ4n) is 5.01. The standard InChI is InChI=1S/C29H34ClFN6O3/c1-7-8-22-26(34-19-9-10-20(30)21(31)14-19)32-15-23(35-22)27(38)37-12-11-36(16-29(37,4)5)24-13-17(2)25(18(3)33-24)28(39)40-6/h9-10,13-15H,7-8,11-12,16H2,1-6H3,(H,32,34). The lowest BCUT2D eigenvalue weighted by Gasteiger charge is -2.47. The number of halogens is 2. The van der Waals surface area contributed by atoms with E-state index >= 15 is 0 Å². The van der Waals surface area contributed by atoms with Gasteiger partial charge in [-0.1, -0.05) is 24.9 Å². The summed E-state index contributed by atoms with van der Waals surface area (Å²) in [5.41, 5.74) is 2.70. The number of nitrogens with one attached hydrogen (secondary N) is 1. The molecule has 2 aromatic heterocycles. The average Bonchev–Trinajstić information content (AvgIpc) is 2.90. The molecule has 11 heteroatoms. The Morgan fingerprint density at radius 2 is 1.93 bits per heavy atom. The molecule has 0 radical (unpaired) electrons. The molecule has 212 valence electrons. The van der Waals surface area contributed by atoms with Crippen LogP contribution < -0.4 is 10.2 Å². The molecule has 4 rings (SSSR count). The lowest BCUT2D eigenvalue weighted by Crippen LogP contribution is -2.61. The van der Waals surface area contributed by atoms with Crippen LogP contribution in [0.5, 0.6) is 0 Å². The summed E-state index contributed by atoms with van der Waals surface area (Å²) in [5, 5.41) is 3.13. The number of ether oxygens (including phenoxy) is 1. The molecule has 0 atom stereocenters. The third kappa shape index (κ3) is 6.01. The Morgan fingerprint density at radius 1 is 1.18 bits per heavy atom. The van der Waals surface area contributed by atoms with Crippen molar-refractivity contribution in [3.05, 3.63) is 69.5 Å². The van der Waals surface area contributed by atoms with Gasteiger partial charge in [0.15, 0.2) is 5.82 Å². The van der Waals surface area contributed by atoms with Crippen molar-refractivity contribution in [2.45, 2.75) is 53.0 Å². The number of anilines is 3. The lowest BCUT2D eigenvalue weighted by atomic mass is 9.97. The predicted octanol–water partition coefficient (Wildman–Crippen LogP) is 5.50. The highest BCUT2D eigenvalue weighted by molar-refractivity contribution is 6.30. The molecule has 0 aliphatic carbocycles. The van der Waals surface area contributed by atoms with Gasteiger partial charge in [-0.25, -0.2) is 24.1 Å². The SMILES string of the molecule is CCCc1nc(C(=O)N2CCN(c3cc(C)c(C(=O)OC)c(C)n3)CC2(C)C)cnc1Nc1ccc(Cl)c(F)c1. The molecular weight excluding hydrogens is 535 g/mol. The number of methoxy groups -OCH3 is 1. The van der Waals surface area contributed by atoms with Gasteiger partial charge in [-0.05, 0) is 63.9 Å². The van der Waals surface area contributed by atoms with E-state index in [9.17, 15) is 14.0 Å². The molecular formula is C29H34ClFN6O3. The third-order valence-corrected chi connectivity index (χ3v) is 7.28. The highest BCUT2D eigenvalue weighted by Gasteiger charge is 2.38. The number of benzene rings is 1. The van der Waals surface area contributed by atoms with E-state index in [1.165, 1.54) is 25.4 Å². The number of pyridine rings is 1. The van der Waals surface area contributed by atoms with Crippen molar-refractivity contribution < 1.29 is 18.7 Å². The minimum Gasteiger partial charge on any atom is -0.465 e. The van der Waals surface area contributed by atoms with Gasteiger partial charge in [0, 0.05) is 25.3 Å². The lowest BCUT2D eigenvalue weighted by molar-refractivity contribution is 0.0505. The molecule has 9 nitrogen and oxygen atoms in total. The first kappa shape index (κ1) is 29.2. The summed E-state index contributed by atoms with van der Waals surface area (Å²) in [4.78, 5) is 43.6. The van der Waals surface area contributed by atoms with Crippen LogP contribution in [0.3, 0.4) is 0 Å². The molecule has 40 heavy (non-hydrogen) atoms. The van der Waals surface area contributed by atoms with Crippen molar-refractivity contribution in [1.82, 2.24) is 19.9 Å². The molecule has 1 aliphatic rings. The minimum absolute atomic E-state index is 0.0355. The van der Waals surface area contributed by atoms with E-state index in [1.54, 1.807) is 13.0 Å². The van der Waals surface area contributed by atoms with Crippen LogP contribution in [-0.4, -0.2) is 64.0 Å². The van der Waals surface area contributed by atoms with Gasteiger partial charge in [0.25, 0.3) is 5.91 Å². The smallest absolute Gasteiger partial charge is 0.339 e. The van der Waals surface area contributed by atoms with Crippen LogP contribution in [-0.2, 0) is 11.2 Å². The van der Waals surface area contributed by atoms with E-state index in [2.05, 4.69) is 25.2 Å². The van der Waals surface area contributed by atoms with Crippen molar-refractivity contribution >= 4 is 40.8 Å². The Labute approximate surface area is 238 Å². The van der Waals surface area contributed by atoms with E-state index in [-0.39, 0.29) is 16.6 Å². The Kier molecular flexibility index (Phi) is 8.58. The fraction of sp³-hybridized carbons (Fsp3) is 0.414.